The minimum atomic E-state index is -1.96. The maximum absolute atomic E-state index is 14.7. The van der Waals surface area contributed by atoms with Crippen LogP contribution in [0.5, 0.6) is 0 Å². The summed E-state index contributed by atoms with van der Waals surface area (Å²) in [5.74, 6) is -6.53. The number of benzene rings is 7. The standard InChI is InChI=1S/C67H60O20/c1-39-49(79-58(68)42-25-11-4-12-26-42)52(55(65(75)76-39)83-62(72)46-33-19-8-20-34-46)86-67-57(85-64(74)48-37-23-10-24-38-48)54(51(41(3)78-67)81-60(70)44-29-15-6-16-30-44)87-66-56(84-63(73)47-35-21-9-22-36-47)53(82-61(71)45-31-17-7-18-32-45)50(40(2)77-66)80-59(69)43-27-13-5-14-28-43/h4-41,49-57,65-67,75H,1-3H3/t39-,40-,41-,49-,50-,51-,52+,53+,54+,55+,56+,57+,65+,66-,67-/m1/s1. The molecule has 0 bridgehead atoms. The molecule has 7 aromatic rings. The molecule has 10 rings (SSSR count). The molecule has 20 nitrogen and oxygen atoms in total. The Kier molecular flexibility index (Phi) is 19.7. The highest BCUT2D eigenvalue weighted by atomic mass is 16.8. The van der Waals surface area contributed by atoms with Gasteiger partial charge in [-0.2, -0.15) is 0 Å². The first-order valence-electron chi connectivity index (χ1n) is 28.0. The Morgan fingerprint density at radius 1 is 0.264 bits per heavy atom. The van der Waals surface area contributed by atoms with Gasteiger partial charge in [0.2, 0.25) is 0 Å². The molecule has 3 heterocycles. The fraction of sp³-hybridized carbons (Fsp3) is 0.269. The molecule has 1 N–H and O–H groups in total. The highest BCUT2D eigenvalue weighted by Crippen LogP contribution is 2.39. The van der Waals surface area contributed by atoms with Crippen molar-refractivity contribution in [2.75, 3.05) is 0 Å². The Bertz CT molecular complexity index is 3390. The number of aliphatic hydroxyl groups excluding tert-OH is 1. The predicted molar refractivity (Wildman–Crippen MR) is 304 cm³/mol. The zero-order chi connectivity index (χ0) is 61.0. The molecule has 0 aliphatic carbocycles. The van der Waals surface area contributed by atoms with Crippen LogP contribution in [0.3, 0.4) is 0 Å². The van der Waals surface area contributed by atoms with E-state index in [1.165, 1.54) is 106 Å². The van der Waals surface area contributed by atoms with Crippen molar-refractivity contribution in [1.29, 1.82) is 0 Å². The summed E-state index contributed by atoms with van der Waals surface area (Å²) < 4.78 is 76.7. The summed E-state index contributed by atoms with van der Waals surface area (Å²) in [4.78, 5) is 100. The molecule has 0 aromatic heterocycles. The van der Waals surface area contributed by atoms with Gasteiger partial charge in [0.1, 0.15) is 12.2 Å². The molecular formula is C67H60O20. The molecule has 7 aromatic carbocycles. The number of hydrogen-bond donors (Lipinski definition) is 1. The van der Waals surface area contributed by atoms with Gasteiger partial charge in [-0.25, -0.2) is 33.6 Å². The third kappa shape index (κ3) is 14.6. The number of carbonyl (C=O) groups excluding carboxylic acids is 7. The smallest absolute Gasteiger partial charge is 0.338 e. The Balaban J connectivity index is 1.11. The lowest BCUT2D eigenvalue weighted by molar-refractivity contribution is -0.370. The summed E-state index contributed by atoms with van der Waals surface area (Å²) in [6.07, 6.45) is -25.5. The first kappa shape index (κ1) is 60.7. The molecule has 3 saturated heterocycles. The van der Waals surface area contributed by atoms with Gasteiger partial charge in [0, 0.05) is 0 Å². The third-order valence-electron chi connectivity index (χ3n) is 14.6. The van der Waals surface area contributed by atoms with E-state index in [0.29, 0.717) is 0 Å². The SMILES string of the molecule is C[C@H]1O[C@H](O[C@@H]2[C@H](OC(=O)c3ccccc3)[C@@H](O[C@H]3[C@H](OC(=O)c4ccccc4)[C@@H](C)O[C@H](O)[C@H]3OC(=O)c3ccccc3)O[C@H](C)[C@H]2OC(=O)c2ccccc2)[C@@H](OC(=O)c2ccccc2)[C@@H](OC(=O)c2ccccc2)[C@@H]1OC(=O)c1ccccc1. The van der Waals surface area contributed by atoms with Crippen molar-refractivity contribution < 1.29 is 95.5 Å². The molecular weight excluding hydrogens is 1120 g/mol. The highest BCUT2D eigenvalue weighted by Gasteiger charge is 2.59. The van der Waals surface area contributed by atoms with Gasteiger partial charge in [-0.3, -0.25) is 0 Å². The lowest BCUT2D eigenvalue weighted by Crippen LogP contribution is -2.67. The van der Waals surface area contributed by atoms with Gasteiger partial charge < -0.3 is 61.9 Å². The van der Waals surface area contributed by atoms with Crippen LogP contribution in [0.25, 0.3) is 0 Å². The van der Waals surface area contributed by atoms with Crippen molar-refractivity contribution >= 4 is 41.8 Å². The minimum Gasteiger partial charge on any atom is -0.453 e. The second-order valence-corrected chi connectivity index (χ2v) is 20.5. The van der Waals surface area contributed by atoms with Gasteiger partial charge in [-0.05, 0) is 106 Å². The predicted octanol–water partition coefficient (Wildman–Crippen LogP) is 8.56. The van der Waals surface area contributed by atoms with Gasteiger partial charge in [0.25, 0.3) is 0 Å². The van der Waals surface area contributed by atoms with Crippen molar-refractivity contribution in [3.63, 3.8) is 0 Å². The lowest BCUT2D eigenvalue weighted by atomic mass is 9.95. The number of aliphatic hydroxyl groups is 1. The van der Waals surface area contributed by atoms with Crippen LogP contribution in [0.4, 0.5) is 0 Å². The fourth-order valence-corrected chi connectivity index (χ4v) is 10.1. The van der Waals surface area contributed by atoms with E-state index in [1.807, 2.05) is 0 Å². The average molecular weight is 1190 g/mol. The Hall–Kier alpha value is -9.41. The zero-order valence-electron chi connectivity index (χ0n) is 47.1. The van der Waals surface area contributed by atoms with E-state index in [9.17, 15) is 38.7 Å². The van der Waals surface area contributed by atoms with Crippen LogP contribution in [0.2, 0.25) is 0 Å². The second-order valence-electron chi connectivity index (χ2n) is 20.5. The Morgan fingerprint density at radius 3 is 0.736 bits per heavy atom. The molecule has 0 spiro atoms. The minimum absolute atomic E-state index is 0.000864. The number of esters is 7. The van der Waals surface area contributed by atoms with Gasteiger partial charge in [0.05, 0.1) is 57.3 Å². The first-order chi connectivity index (χ1) is 42.2. The molecule has 3 aliphatic heterocycles. The molecule has 15 atom stereocenters. The number of hydrogen-bond acceptors (Lipinski definition) is 20. The van der Waals surface area contributed by atoms with E-state index in [2.05, 4.69) is 0 Å². The van der Waals surface area contributed by atoms with Crippen LogP contribution >= 0.6 is 0 Å². The second kappa shape index (κ2) is 28.2. The molecule has 0 radical (unpaired) electrons. The van der Waals surface area contributed by atoms with Crippen molar-refractivity contribution in [3.8, 4) is 0 Å². The van der Waals surface area contributed by atoms with E-state index < -0.39 is 134 Å². The monoisotopic (exact) mass is 1180 g/mol. The quantitative estimate of drug-likeness (QED) is 0.0624. The normalized spacial score (nSPS) is 26.8. The molecule has 3 aliphatic rings. The number of ether oxygens (including phenoxy) is 12. The van der Waals surface area contributed by atoms with E-state index >= 15 is 0 Å². The van der Waals surface area contributed by atoms with Gasteiger partial charge in [0.15, 0.2) is 61.6 Å². The molecule has 0 amide bonds. The van der Waals surface area contributed by atoms with Crippen LogP contribution in [0.15, 0.2) is 212 Å². The van der Waals surface area contributed by atoms with Gasteiger partial charge in [-0.1, -0.05) is 127 Å². The van der Waals surface area contributed by atoms with Gasteiger partial charge in [-0.15, -0.1) is 0 Å². The van der Waals surface area contributed by atoms with E-state index in [1.54, 1.807) is 127 Å². The maximum atomic E-state index is 14.7. The Labute approximate surface area is 499 Å². The molecule has 0 unspecified atom stereocenters. The third-order valence-corrected chi connectivity index (χ3v) is 14.6. The highest BCUT2D eigenvalue weighted by molar-refractivity contribution is 5.93. The van der Waals surface area contributed by atoms with E-state index in [4.69, 9.17) is 56.8 Å². The summed E-state index contributed by atoms with van der Waals surface area (Å²) in [7, 11) is 0. The first-order valence-corrected chi connectivity index (χ1v) is 28.0. The molecule has 0 saturated carbocycles. The van der Waals surface area contributed by atoms with Crippen molar-refractivity contribution in [2.45, 2.75) is 113 Å². The maximum Gasteiger partial charge on any atom is 0.338 e. The molecule has 3 fully saturated rings. The van der Waals surface area contributed by atoms with Crippen molar-refractivity contribution in [2.24, 2.45) is 0 Å². The van der Waals surface area contributed by atoms with Crippen molar-refractivity contribution in [1.82, 2.24) is 0 Å². The molecule has 448 valence electrons. The zero-order valence-corrected chi connectivity index (χ0v) is 47.1. The summed E-state index contributed by atoms with van der Waals surface area (Å²) in [5, 5.41) is 11.8. The van der Waals surface area contributed by atoms with Crippen LogP contribution in [-0.2, 0) is 56.8 Å². The summed E-state index contributed by atoms with van der Waals surface area (Å²) in [6, 6.07) is 54.8. The largest absolute Gasteiger partial charge is 0.453 e. The lowest BCUT2D eigenvalue weighted by Gasteiger charge is -2.50. The van der Waals surface area contributed by atoms with Crippen LogP contribution in [0, 0.1) is 0 Å². The summed E-state index contributed by atoms with van der Waals surface area (Å²) in [6.45, 7) is 4.44. The summed E-state index contributed by atoms with van der Waals surface area (Å²) >= 11 is 0. The number of carbonyl (C=O) groups is 7. The number of rotatable bonds is 18. The summed E-state index contributed by atoms with van der Waals surface area (Å²) in [5.41, 5.74) is 0.433. The molecule has 87 heavy (non-hydrogen) atoms. The topological polar surface area (TPSA) is 250 Å². The van der Waals surface area contributed by atoms with E-state index in [0.717, 1.165) is 0 Å². The van der Waals surface area contributed by atoms with E-state index in [-0.39, 0.29) is 38.9 Å². The molecule has 20 heteroatoms. The van der Waals surface area contributed by atoms with Crippen LogP contribution in [0.1, 0.15) is 93.3 Å². The average Bonchev–Trinajstić information content (AvgIpc) is 1.92. The van der Waals surface area contributed by atoms with Crippen LogP contribution in [-0.4, -0.2) is 139 Å². The Morgan fingerprint density at radius 2 is 0.460 bits per heavy atom. The fourth-order valence-electron chi connectivity index (χ4n) is 10.1. The van der Waals surface area contributed by atoms with Crippen LogP contribution < -0.4 is 0 Å². The van der Waals surface area contributed by atoms with Crippen molar-refractivity contribution in [3.05, 3.63) is 251 Å². The van der Waals surface area contributed by atoms with Gasteiger partial charge >= 0.3 is 41.8 Å².